The van der Waals surface area contributed by atoms with Gasteiger partial charge in [0.25, 0.3) is 0 Å². The molecule has 0 aliphatic heterocycles. The van der Waals surface area contributed by atoms with Gasteiger partial charge in [-0.15, -0.1) is 0 Å². The lowest BCUT2D eigenvalue weighted by molar-refractivity contribution is 0.136. The Bertz CT molecular complexity index is 264. The maximum absolute atomic E-state index is 9.79. The third-order valence-corrected chi connectivity index (χ3v) is 3.13. The van der Waals surface area contributed by atoms with Crippen molar-refractivity contribution in [3.05, 3.63) is 24.2 Å². The van der Waals surface area contributed by atoms with Crippen molar-refractivity contribution in [2.45, 2.75) is 64.9 Å². The van der Waals surface area contributed by atoms with Crippen LogP contribution in [0.25, 0.3) is 0 Å². The molecular formula is C15H26O2. The summed E-state index contributed by atoms with van der Waals surface area (Å²) in [7, 11) is 0. The molecule has 0 aliphatic rings. The smallest absolute Gasteiger partial charge is 0.132 e. The molecule has 0 aliphatic carbocycles. The highest BCUT2D eigenvalue weighted by Crippen LogP contribution is 2.20. The summed E-state index contributed by atoms with van der Waals surface area (Å²) in [5, 5.41) is 9.79. The van der Waals surface area contributed by atoms with Crippen LogP contribution in [0.1, 0.15) is 70.7 Å². The minimum atomic E-state index is -0.416. The van der Waals surface area contributed by atoms with Crippen LogP contribution in [0.4, 0.5) is 0 Å². The summed E-state index contributed by atoms with van der Waals surface area (Å²) < 4.78 is 5.17. The lowest BCUT2D eigenvalue weighted by Crippen LogP contribution is -1.95. The number of hydrogen-bond acceptors (Lipinski definition) is 2. The minimum Gasteiger partial charge on any atom is -0.467 e. The van der Waals surface area contributed by atoms with Gasteiger partial charge in [0, 0.05) is 0 Å². The van der Waals surface area contributed by atoms with Crippen LogP contribution < -0.4 is 0 Å². The minimum absolute atomic E-state index is 0.416. The van der Waals surface area contributed by atoms with Gasteiger partial charge < -0.3 is 9.52 Å². The molecule has 98 valence electrons. The van der Waals surface area contributed by atoms with E-state index in [1.54, 1.807) is 6.26 Å². The van der Waals surface area contributed by atoms with Gasteiger partial charge in [0.1, 0.15) is 11.9 Å². The first kappa shape index (κ1) is 14.3. The van der Waals surface area contributed by atoms with Gasteiger partial charge >= 0.3 is 0 Å². The highest BCUT2D eigenvalue weighted by atomic mass is 16.4. The third kappa shape index (κ3) is 6.52. The first-order valence-electron chi connectivity index (χ1n) is 6.91. The van der Waals surface area contributed by atoms with E-state index in [1.165, 1.54) is 32.1 Å². The van der Waals surface area contributed by atoms with Gasteiger partial charge in [-0.1, -0.05) is 52.4 Å². The predicted molar refractivity (Wildman–Crippen MR) is 70.8 cm³/mol. The van der Waals surface area contributed by atoms with Crippen LogP contribution in [0.5, 0.6) is 0 Å². The summed E-state index contributed by atoms with van der Waals surface area (Å²) in [6, 6.07) is 3.66. The Morgan fingerprint density at radius 2 is 1.71 bits per heavy atom. The molecule has 1 aromatic heterocycles. The molecule has 0 aromatic carbocycles. The molecule has 1 atom stereocenters. The number of unbranched alkanes of at least 4 members (excludes halogenated alkanes) is 4. The number of aliphatic hydroxyl groups is 1. The Balaban J connectivity index is 1.94. The number of furan rings is 1. The SMILES string of the molecule is CC(C)CCCCCCCC(O)c1ccco1. The fourth-order valence-corrected chi connectivity index (χ4v) is 2.04. The zero-order chi connectivity index (χ0) is 12.5. The van der Waals surface area contributed by atoms with Crippen molar-refractivity contribution in [3.63, 3.8) is 0 Å². The number of rotatable bonds is 9. The van der Waals surface area contributed by atoms with Gasteiger partial charge in [0.2, 0.25) is 0 Å². The topological polar surface area (TPSA) is 33.4 Å². The van der Waals surface area contributed by atoms with Crippen LogP contribution in [0, 0.1) is 5.92 Å². The molecule has 0 saturated carbocycles. The van der Waals surface area contributed by atoms with E-state index < -0.39 is 6.10 Å². The largest absolute Gasteiger partial charge is 0.467 e. The average molecular weight is 238 g/mol. The standard InChI is InChI=1S/C15H26O2/c1-13(2)9-6-4-3-5-7-10-14(16)15-11-8-12-17-15/h8,11-14,16H,3-7,9-10H2,1-2H3. The fourth-order valence-electron chi connectivity index (χ4n) is 2.04. The van der Waals surface area contributed by atoms with Crippen molar-refractivity contribution in [1.29, 1.82) is 0 Å². The van der Waals surface area contributed by atoms with Gasteiger partial charge in [0.15, 0.2) is 0 Å². The van der Waals surface area contributed by atoms with E-state index in [-0.39, 0.29) is 0 Å². The quantitative estimate of drug-likeness (QED) is 0.633. The Hall–Kier alpha value is -0.760. The lowest BCUT2D eigenvalue weighted by Gasteiger charge is -2.07. The lowest BCUT2D eigenvalue weighted by atomic mass is 10.0. The molecule has 2 nitrogen and oxygen atoms in total. The van der Waals surface area contributed by atoms with Crippen molar-refractivity contribution in [3.8, 4) is 0 Å². The highest BCUT2D eigenvalue weighted by molar-refractivity contribution is 5.01. The van der Waals surface area contributed by atoms with Gasteiger partial charge in [-0.25, -0.2) is 0 Å². The van der Waals surface area contributed by atoms with E-state index in [9.17, 15) is 5.11 Å². The van der Waals surface area contributed by atoms with Crippen molar-refractivity contribution in [2.24, 2.45) is 5.92 Å². The van der Waals surface area contributed by atoms with Crippen molar-refractivity contribution in [1.82, 2.24) is 0 Å². The van der Waals surface area contributed by atoms with E-state index >= 15 is 0 Å². The Morgan fingerprint density at radius 1 is 1.06 bits per heavy atom. The Kier molecular flexibility index (Phi) is 7.02. The molecule has 17 heavy (non-hydrogen) atoms. The zero-order valence-electron chi connectivity index (χ0n) is 11.2. The van der Waals surface area contributed by atoms with Crippen LogP contribution in [0.2, 0.25) is 0 Å². The molecule has 0 radical (unpaired) electrons. The molecular weight excluding hydrogens is 212 g/mol. The van der Waals surface area contributed by atoms with Crippen molar-refractivity contribution < 1.29 is 9.52 Å². The molecule has 0 spiro atoms. The monoisotopic (exact) mass is 238 g/mol. The fraction of sp³-hybridized carbons (Fsp3) is 0.733. The predicted octanol–water partition coefficient (Wildman–Crippen LogP) is 4.70. The summed E-state index contributed by atoms with van der Waals surface area (Å²) in [6.45, 7) is 4.55. The molecule has 1 unspecified atom stereocenters. The first-order valence-corrected chi connectivity index (χ1v) is 6.91. The van der Waals surface area contributed by atoms with Gasteiger partial charge in [-0.05, 0) is 24.5 Å². The summed E-state index contributed by atoms with van der Waals surface area (Å²) in [5.41, 5.74) is 0. The molecule has 0 saturated heterocycles. The molecule has 0 amide bonds. The maximum Gasteiger partial charge on any atom is 0.132 e. The van der Waals surface area contributed by atoms with Crippen LogP contribution in [0.15, 0.2) is 22.8 Å². The summed E-state index contributed by atoms with van der Waals surface area (Å²) in [5.74, 6) is 1.53. The van der Waals surface area contributed by atoms with Gasteiger partial charge in [0.05, 0.1) is 6.26 Å². The van der Waals surface area contributed by atoms with E-state index in [1.807, 2.05) is 12.1 Å². The number of aliphatic hydroxyl groups excluding tert-OH is 1. The van der Waals surface area contributed by atoms with Gasteiger partial charge in [-0.3, -0.25) is 0 Å². The second-order valence-electron chi connectivity index (χ2n) is 5.27. The molecule has 0 bridgehead atoms. The summed E-state index contributed by atoms with van der Waals surface area (Å²) >= 11 is 0. The van der Waals surface area contributed by atoms with E-state index in [2.05, 4.69) is 13.8 Å². The second-order valence-corrected chi connectivity index (χ2v) is 5.27. The third-order valence-electron chi connectivity index (χ3n) is 3.13. The molecule has 1 aromatic rings. The zero-order valence-corrected chi connectivity index (χ0v) is 11.2. The first-order chi connectivity index (χ1) is 8.20. The van der Waals surface area contributed by atoms with Gasteiger partial charge in [-0.2, -0.15) is 0 Å². The van der Waals surface area contributed by atoms with Crippen LogP contribution >= 0.6 is 0 Å². The molecule has 1 rings (SSSR count). The maximum atomic E-state index is 9.79. The van der Waals surface area contributed by atoms with E-state index in [0.717, 1.165) is 18.8 Å². The second kappa shape index (κ2) is 8.35. The Labute approximate surface area is 105 Å². The summed E-state index contributed by atoms with van der Waals surface area (Å²) in [4.78, 5) is 0. The summed E-state index contributed by atoms with van der Waals surface area (Å²) in [6.07, 6.45) is 9.63. The van der Waals surface area contributed by atoms with E-state index in [0.29, 0.717) is 5.76 Å². The van der Waals surface area contributed by atoms with Crippen LogP contribution in [0.3, 0.4) is 0 Å². The molecule has 1 heterocycles. The van der Waals surface area contributed by atoms with Crippen LogP contribution in [-0.4, -0.2) is 5.11 Å². The molecule has 0 fully saturated rings. The van der Waals surface area contributed by atoms with Crippen LogP contribution in [-0.2, 0) is 0 Å². The molecule has 2 heteroatoms. The normalized spacial score (nSPS) is 13.2. The van der Waals surface area contributed by atoms with Crippen molar-refractivity contribution >= 4 is 0 Å². The Morgan fingerprint density at radius 3 is 2.29 bits per heavy atom. The average Bonchev–Trinajstić information content (AvgIpc) is 2.80. The van der Waals surface area contributed by atoms with Crippen molar-refractivity contribution in [2.75, 3.05) is 0 Å². The number of hydrogen-bond donors (Lipinski definition) is 1. The molecule has 1 N–H and O–H groups in total. The highest BCUT2D eigenvalue weighted by Gasteiger charge is 2.09. The van der Waals surface area contributed by atoms with E-state index in [4.69, 9.17) is 4.42 Å².